The molecule has 90 valence electrons. The summed E-state index contributed by atoms with van der Waals surface area (Å²) in [6.07, 6.45) is 1.18. The topological polar surface area (TPSA) is 12.0 Å². The molecule has 0 spiro atoms. The maximum absolute atomic E-state index is 3.38. The average molecular weight is 237 g/mol. The van der Waals surface area contributed by atoms with Gasteiger partial charge in [0.2, 0.25) is 0 Å². The van der Waals surface area contributed by atoms with Crippen LogP contribution in [0.15, 0.2) is 23.1 Å². The Kier molecular flexibility index (Phi) is 5.36. The second-order valence-corrected chi connectivity index (χ2v) is 5.81. The number of hydrogen-bond acceptors (Lipinski definition) is 2. The lowest BCUT2D eigenvalue weighted by Gasteiger charge is -2.22. The van der Waals surface area contributed by atoms with Gasteiger partial charge in [-0.1, -0.05) is 31.5 Å². The van der Waals surface area contributed by atoms with Crippen molar-refractivity contribution in [3.05, 3.63) is 29.3 Å². The molecule has 0 heterocycles. The van der Waals surface area contributed by atoms with Gasteiger partial charge in [-0.3, -0.25) is 0 Å². The summed E-state index contributed by atoms with van der Waals surface area (Å²) < 4.78 is 0. The standard InChI is InChI=1S/C14H23NS/c1-6-13(15-5)12(4)16-14-9-10(2)7-8-11(14)3/h7-9,12-13,15H,6H2,1-5H3. The third-order valence-corrected chi connectivity index (χ3v) is 4.43. The van der Waals surface area contributed by atoms with Gasteiger partial charge in [0.1, 0.15) is 0 Å². The zero-order chi connectivity index (χ0) is 12.1. The normalized spacial score (nSPS) is 14.8. The molecule has 0 radical (unpaired) electrons. The van der Waals surface area contributed by atoms with E-state index in [0.29, 0.717) is 11.3 Å². The molecule has 0 bridgehead atoms. The van der Waals surface area contributed by atoms with Gasteiger partial charge in [0.25, 0.3) is 0 Å². The van der Waals surface area contributed by atoms with Crippen LogP contribution in [-0.4, -0.2) is 18.3 Å². The highest BCUT2D eigenvalue weighted by atomic mass is 32.2. The van der Waals surface area contributed by atoms with Gasteiger partial charge in [0.15, 0.2) is 0 Å². The predicted molar refractivity (Wildman–Crippen MR) is 74.4 cm³/mol. The van der Waals surface area contributed by atoms with Crippen LogP contribution >= 0.6 is 11.8 Å². The Balaban J connectivity index is 2.75. The summed E-state index contributed by atoms with van der Waals surface area (Å²) in [5, 5.41) is 3.99. The van der Waals surface area contributed by atoms with Crippen LogP contribution in [0.25, 0.3) is 0 Å². The van der Waals surface area contributed by atoms with Gasteiger partial charge in [-0.15, -0.1) is 11.8 Å². The monoisotopic (exact) mass is 237 g/mol. The second kappa shape index (κ2) is 6.31. The molecule has 1 rings (SSSR count). The van der Waals surface area contributed by atoms with Crippen molar-refractivity contribution in [2.24, 2.45) is 0 Å². The van der Waals surface area contributed by atoms with E-state index in [1.54, 1.807) is 0 Å². The molecule has 0 saturated carbocycles. The number of nitrogens with one attached hydrogen (secondary N) is 1. The molecule has 0 saturated heterocycles. The Morgan fingerprint density at radius 3 is 2.56 bits per heavy atom. The van der Waals surface area contributed by atoms with Crippen LogP contribution in [0.2, 0.25) is 0 Å². The second-order valence-electron chi connectivity index (χ2n) is 4.40. The molecule has 0 aliphatic carbocycles. The fraction of sp³-hybridized carbons (Fsp3) is 0.571. The highest BCUT2D eigenvalue weighted by Crippen LogP contribution is 2.29. The largest absolute Gasteiger partial charge is 0.316 e. The molecule has 16 heavy (non-hydrogen) atoms. The summed E-state index contributed by atoms with van der Waals surface area (Å²) >= 11 is 1.98. The molecular formula is C14H23NS. The lowest BCUT2D eigenvalue weighted by Crippen LogP contribution is -2.33. The van der Waals surface area contributed by atoms with Gasteiger partial charge >= 0.3 is 0 Å². The summed E-state index contributed by atoms with van der Waals surface area (Å²) in [7, 11) is 2.05. The minimum Gasteiger partial charge on any atom is -0.316 e. The first-order valence-corrected chi connectivity index (χ1v) is 6.87. The molecule has 1 aromatic carbocycles. The van der Waals surface area contributed by atoms with E-state index in [1.807, 2.05) is 18.8 Å². The lowest BCUT2D eigenvalue weighted by atomic mass is 10.2. The van der Waals surface area contributed by atoms with Gasteiger partial charge in [0, 0.05) is 16.2 Å². The van der Waals surface area contributed by atoms with Crippen molar-refractivity contribution >= 4 is 11.8 Å². The van der Waals surface area contributed by atoms with Crippen LogP contribution in [0, 0.1) is 13.8 Å². The van der Waals surface area contributed by atoms with E-state index in [2.05, 4.69) is 51.2 Å². The van der Waals surface area contributed by atoms with Crippen LogP contribution in [0.3, 0.4) is 0 Å². The quantitative estimate of drug-likeness (QED) is 0.782. The minimum atomic E-state index is 0.588. The summed E-state index contributed by atoms with van der Waals surface area (Å²) in [4.78, 5) is 1.42. The van der Waals surface area contributed by atoms with Gasteiger partial charge in [-0.25, -0.2) is 0 Å². The zero-order valence-electron chi connectivity index (χ0n) is 11.0. The van der Waals surface area contributed by atoms with Crippen molar-refractivity contribution in [3.8, 4) is 0 Å². The number of thioether (sulfide) groups is 1. The Labute approximate surface area is 104 Å². The molecule has 2 atom stereocenters. The van der Waals surface area contributed by atoms with E-state index >= 15 is 0 Å². The molecule has 0 aliphatic heterocycles. The van der Waals surface area contributed by atoms with Crippen LogP contribution < -0.4 is 5.32 Å². The van der Waals surface area contributed by atoms with Crippen molar-refractivity contribution in [2.75, 3.05) is 7.05 Å². The summed E-state index contributed by atoms with van der Waals surface area (Å²) in [6.45, 7) is 8.89. The van der Waals surface area contributed by atoms with Crippen molar-refractivity contribution in [1.29, 1.82) is 0 Å². The molecule has 2 heteroatoms. The molecule has 0 aromatic heterocycles. The molecule has 0 amide bonds. The highest BCUT2D eigenvalue weighted by Gasteiger charge is 2.15. The third kappa shape index (κ3) is 3.53. The van der Waals surface area contributed by atoms with E-state index in [4.69, 9.17) is 0 Å². The van der Waals surface area contributed by atoms with E-state index in [0.717, 1.165) is 0 Å². The Hall–Kier alpha value is -0.470. The van der Waals surface area contributed by atoms with Crippen LogP contribution in [-0.2, 0) is 0 Å². The van der Waals surface area contributed by atoms with E-state index in [1.165, 1.54) is 22.4 Å². The van der Waals surface area contributed by atoms with Crippen molar-refractivity contribution in [3.63, 3.8) is 0 Å². The van der Waals surface area contributed by atoms with Crippen molar-refractivity contribution in [1.82, 2.24) is 5.32 Å². The first-order chi connectivity index (χ1) is 7.58. The lowest BCUT2D eigenvalue weighted by molar-refractivity contribution is 0.541. The van der Waals surface area contributed by atoms with Gasteiger partial charge < -0.3 is 5.32 Å². The molecule has 1 aromatic rings. The molecule has 1 N–H and O–H groups in total. The number of rotatable bonds is 5. The van der Waals surface area contributed by atoms with E-state index in [-0.39, 0.29) is 0 Å². The predicted octanol–water partition coefficient (Wildman–Crippen LogP) is 3.78. The summed E-state index contributed by atoms with van der Waals surface area (Å²) in [6, 6.07) is 7.27. The fourth-order valence-corrected chi connectivity index (χ4v) is 3.29. The molecule has 1 nitrogen and oxygen atoms in total. The average Bonchev–Trinajstić information content (AvgIpc) is 2.25. The maximum Gasteiger partial charge on any atom is 0.0220 e. The Morgan fingerprint density at radius 1 is 1.31 bits per heavy atom. The van der Waals surface area contributed by atoms with Crippen molar-refractivity contribution in [2.45, 2.75) is 50.3 Å². The number of benzene rings is 1. The van der Waals surface area contributed by atoms with Crippen molar-refractivity contribution < 1.29 is 0 Å². The Morgan fingerprint density at radius 2 is 2.00 bits per heavy atom. The molecule has 0 fully saturated rings. The van der Waals surface area contributed by atoms with Gasteiger partial charge in [-0.05, 0) is 38.9 Å². The molecule has 0 aliphatic rings. The number of aryl methyl sites for hydroxylation is 2. The summed E-state index contributed by atoms with van der Waals surface area (Å²) in [5.74, 6) is 0. The Bertz CT molecular complexity index is 332. The minimum absolute atomic E-state index is 0.588. The molecular weight excluding hydrogens is 214 g/mol. The highest BCUT2D eigenvalue weighted by molar-refractivity contribution is 8.00. The molecule has 2 unspecified atom stereocenters. The number of hydrogen-bond donors (Lipinski definition) is 1. The third-order valence-electron chi connectivity index (χ3n) is 3.03. The smallest absolute Gasteiger partial charge is 0.0220 e. The maximum atomic E-state index is 3.38. The van der Waals surface area contributed by atoms with Crippen LogP contribution in [0.5, 0.6) is 0 Å². The van der Waals surface area contributed by atoms with E-state index < -0.39 is 0 Å². The van der Waals surface area contributed by atoms with Gasteiger partial charge in [0.05, 0.1) is 0 Å². The van der Waals surface area contributed by atoms with Crippen LogP contribution in [0.1, 0.15) is 31.4 Å². The zero-order valence-corrected chi connectivity index (χ0v) is 11.8. The summed E-state index contributed by atoms with van der Waals surface area (Å²) in [5.41, 5.74) is 2.73. The van der Waals surface area contributed by atoms with Crippen LogP contribution in [0.4, 0.5) is 0 Å². The first kappa shape index (κ1) is 13.6. The SMILES string of the molecule is CCC(NC)C(C)Sc1cc(C)ccc1C. The fourth-order valence-electron chi connectivity index (χ4n) is 1.89. The van der Waals surface area contributed by atoms with E-state index in [9.17, 15) is 0 Å². The first-order valence-electron chi connectivity index (χ1n) is 5.99. The van der Waals surface area contributed by atoms with Gasteiger partial charge in [-0.2, -0.15) is 0 Å².